The SMILES string of the molecule is CCC(O)CCS(=O)(=O)c1cccc(Oc2cccc(-c3c(C)cnc4c(C(F)(F)F)cccc34)c2)c1. The number of hydrogen-bond acceptors (Lipinski definition) is 5. The predicted molar refractivity (Wildman–Crippen MR) is 136 cm³/mol. The number of ether oxygens (including phenoxy) is 1. The maximum Gasteiger partial charge on any atom is 0.418 e. The van der Waals surface area contributed by atoms with Crippen molar-refractivity contribution < 1.29 is 31.4 Å². The molecule has 0 amide bonds. The van der Waals surface area contributed by atoms with Crippen LogP contribution in [0.15, 0.2) is 77.8 Å². The van der Waals surface area contributed by atoms with Crippen molar-refractivity contribution in [2.24, 2.45) is 0 Å². The molecule has 194 valence electrons. The lowest BCUT2D eigenvalue weighted by Crippen LogP contribution is -2.14. The predicted octanol–water partition coefficient (Wildman–Crippen LogP) is 6.96. The highest BCUT2D eigenvalue weighted by atomic mass is 32.2. The van der Waals surface area contributed by atoms with E-state index in [-0.39, 0.29) is 22.6 Å². The minimum Gasteiger partial charge on any atom is -0.457 e. The molecule has 0 bridgehead atoms. The van der Waals surface area contributed by atoms with Crippen LogP contribution in [-0.2, 0) is 16.0 Å². The molecule has 5 nitrogen and oxygen atoms in total. The van der Waals surface area contributed by atoms with Gasteiger partial charge in [0.15, 0.2) is 9.84 Å². The Hall–Kier alpha value is -3.43. The van der Waals surface area contributed by atoms with Crippen molar-refractivity contribution in [2.45, 2.75) is 43.9 Å². The first-order chi connectivity index (χ1) is 17.5. The number of halogens is 3. The zero-order valence-corrected chi connectivity index (χ0v) is 21.1. The molecular formula is C28H26F3NO4S. The minimum absolute atomic E-state index is 0.0834. The molecule has 37 heavy (non-hydrogen) atoms. The molecule has 3 aromatic carbocycles. The molecule has 0 aliphatic carbocycles. The number of fused-ring (bicyclic) bond motifs is 1. The van der Waals surface area contributed by atoms with E-state index in [0.717, 1.165) is 6.07 Å². The van der Waals surface area contributed by atoms with Crippen LogP contribution >= 0.6 is 0 Å². The van der Waals surface area contributed by atoms with Crippen LogP contribution in [0, 0.1) is 6.92 Å². The van der Waals surface area contributed by atoms with Crippen LogP contribution in [0.2, 0.25) is 0 Å². The Bertz CT molecular complexity index is 1530. The molecule has 9 heteroatoms. The quantitative estimate of drug-likeness (QED) is 0.267. The average Bonchev–Trinajstić information content (AvgIpc) is 2.86. The number of sulfone groups is 1. The Labute approximate surface area is 213 Å². The molecule has 0 spiro atoms. The van der Waals surface area contributed by atoms with E-state index in [4.69, 9.17) is 4.74 Å². The van der Waals surface area contributed by atoms with Gasteiger partial charge in [-0.2, -0.15) is 13.2 Å². The third-order valence-electron chi connectivity index (χ3n) is 6.11. The topological polar surface area (TPSA) is 76.5 Å². The smallest absolute Gasteiger partial charge is 0.418 e. The van der Waals surface area contributed by atoms with Crippen LogP contribution in [0.25, 0.3) is 22.0 Å². The number of alkyl halides is 3. The van der Waals surface area contributed by atoms with Gasteiger partial charge in [-0.25, -0.2) is 8.42 Å². The minimum atomic E-state index is -4.54. The van der Waals surface area contributed by atoms with Crippen LogP contribution in [-0.4, -0.2) is 30.4 Å². The highest BCUT2D eigenvalue weighted by molar-refractivity contribution is 7.91. The Balaban J connectivity index is 1.68. The van der Waals surface area contributed by atoms with E-state index in [1.165, 1.54) is 24.4 Å². The average molecular weight is 530 g/mol. The molecule has 1 N–H and O–H groups in total. The van der Waals surface area contributed by atoms with E-state index in [2.05, 4.69) is 4.98 Å². The number of aliphatic hydroxyl groups is 1. The van der Waals surface area contributed by atoms with Crippen molar-refractivity contribution in [1.29, 1.82) is 0 Å². The molecule has 0 aliphatic rings. The van der Waals surface area contributed by atoms with Crippen LogP contribution in [0.1, 0.15) is 30.9 Å². The van der Waals surface area contributed by atoms with Gasteiger partial charge in [0.2, 0.25) is 0 Å². The second kappa shape index (κ2) is 10.5. The summed E-state index contributed by atoms with van der Waals surface area (Å²) >= 11 is 0. The number of hydrogen-bond donors (Lipinski definition) is 1. The third kappa shape index (κ3) is 5.94. The van der Waals surface area contributed by atoms with Crippen LogP contribution in [0.4, 0.5) is 13.2 Å². The maximum absolute atomic E-state index is 13.6. The molecule has 4 aromatic rings. The molecule has 4 rings (SSSR count). The van der Waals surface area contributed by atoms with Gasteiger partial charge in [-0.1, -0.05) is 37.3 Å². The molecule has 1 aromatic heterocycles. The van der Waals surface area contributed by atoms with Gasteiger partial charge >= 0.3 is 6.18 Å². The number of nitrogens with zero attached hydrogens (tertiary/aromatic N) is 1. The highest BCUT2D eigenvalue weighted by Gasteiger charge is 2.33. The van der Waals surface area contributed by atoms with Gasteiger partial charge in [-0.3, -0.25) is 4.98 Å². The van der Waals surface area contributed by atoms with Crippen molar-refractivity contribution in [1.82, 2.24) is 4.98 Å². The molecule has 0 aliphatic heterocycles. The summed E-state index contributed by atoms with van der Waals surface area (Å²) in [6.07, 6.45) is -3.19. The van der Waals surface area contributed by atoms with Gasteiger partial charge in [0.25, 0.3) is 0 Å². The van der Waals surface area contributed by atoms with E-state index in [9.17, 15) is 26.7 Å². The molecular weight excluding hydrogens is 503 g/mol. The molecule has 0 fully saturated rings. The van der Waals surface area contributed by atoms with Gasteiger partial charge in [-0.05, 0) is 72.9 Å². The van der Waals surface area contributed by atoms with Crippen molar-refractivity contribution in [2.75, 3.05) is 5.75 Å². The van der Waals surface area contributed by atoms with Crippen molar-refractivity contribution in [3.8, 4) is 22.6 Å². The van der Waals surface area contributed by atoms with Gasteiger partial charge < -0.3 is 9.84 Å². The summed E-state index contributed by atoms with van der Waals surface area (Å²) in [4.78, 5) is 4.15. The second-order valence-corrected chi connectivity index (χ2v) is 10.9. The number of rotatable bonds is 8. The van der Waals surface area contributed by atoms with Gasteiger partial charge in [0.1, 0.15) is 11.5 Å². The number of aryl methyl sites for hydroxylation is 1. The summed E-state index contributed by atoms with van der Waals surface area (Å²) in [5.41, 5.74) is 1.01. The van der Waals surface area contributed by atoms with Crippen LogP contribution < -0.4 is 4.74 Å². The second-order valence-electron chi connectivity index (χ2n) is 8.79. The lowest BCUT2D eigenvalue weighted by atomic mass is 9.95. The summed E-state index contributed by atoms with van der Waals surface area (Å²) in [5.74, 6) is 0.504. The number of pyridine rings is 1. The summed E-state index contributed by atoms with van der Waals surface area (Å²) in [5, 5.41) is 10.1. The summed E-state index contributed by atoms with van der Waals surface area (Å²) in [7, 11) is -3.62. The largest absolute Gasteiger partial charge is 0.457 e. The Morgan fingerprint density at radius 3 is 2.38 bits per heavy atom. The van der Waals surface area contributed by atoms with Gasteiger partial charge in [0, 0.05) is 11.6 Å². The fraction of sp³-hybridized carbons (Fsp3) is 0.250. The zero-order valence-electron chi connectivity index (χ0n) is 20.3. The highest BCUT2D eigenvalue weighted by Crippen LogP contribution is 2.39. The summed E-state index contributed by atoms with van der Waals surface area (Å²) in [6.45, 7) is 3.56. The molecule has 1 atom stereocenters. The van der Waals surface area contributed by atoms with Crippen LogP contribution in [0.3, 0.4) is 0 Å². The Morgan fingerprint density at radius 2 is 1.68 bits per heavy atom. The Kier molecular flexibility index (Phi) is 7.57. The summed E-state index contributed by atoms with van der Waals surface area (Å²) < 4.78 is 72.0. The van der Waals surface area contributed by atoms with E-state index in [0.29, 0.717) is 40.0 Å². The lowest BCUT2D eigenvalue weighted by molar-refractivity contribution is -0.136. The van der Waals surface area contributed by atoms with Crippen molar-refractivity contribution in [3.05, 3.63) is 84.1 Å². The van der Waals surface area contributed by atoms with Crippen LogP contribution in [0.5, 0.6) is 11.5 Å². The van der Waals surface area contributed by atoms with Gasteiger partial charge in [0.05, 0.1) is 27.8 Å². The first kappa shape index (κ1) is 26.6. The van der Waals surface area contributed by atoms with E-state index in [1.807, 2.05) is 0 Å². The number of benzene rings is 3. The zero-order chi connectivity index (χ0) is 26.8. The van der Waals surface area contributed by atoms with E-state index < -0.39 is 27.7 Å². The molecule has 0 radical (unpaired) electrons. The number of aromatic nitrogens is 1. The summed E-state index contributed by atoms with van der Waals surface area (Å²) in [6, 6.07) is 16.9. The Morgan fingerprint density at radius 1 is 1.00 bits per heavy atom. The first-order valence-electron chi connectivity index (χ1n) is 11.7. The monoisotopic (exact) mass is 529 g/mol. The van der Waals surface area contributed by atoms with Crippen molar-refractivity contribution >= 4 is 20.7 Å². The molecule has 0 saturated heterocycles. The van der Waals surface area contributed by atoms with E-state index in [1.54, 1.807) is 56.3 Å². The number of aliphatic hydroxyl groups excluding tert-OH is 1. The fourth-order valence-corrected chi connectivity index (χ4v) is 5.53. The standard InChI is InChI=1S/C28H26F3NO4S/c1-3-20(33)13-14-37(34,35)23-10-5-9-22(16-23)36-21-8-4-7-19(15-21)26-18(2)17-32-27-24(26)11-6-12-25(27)28(29,30)31/h4-12,15-17,20,33H,3,13-14H2,1-2H3. The normalized spacial score (nSPS) is 13.0. The van der Waals surface area contributed by atoms with Gasteiger partial charge in [-0.15, -0.1) is 0 Å². The number of para-hydroxylation sites is 1. The molecule has 1 unspecified atom stereocenters. The van der Waals surface area contributed by atoms with Crippen molar-refractivity contribution in [3.63, 3.8) is 0 Å². The molecule has 0 saturated carbocycles. The fourth-order valence-electron chi connectivity index (χ4n) is 4.13. The third-order valence-corrected chi connectivity index (χ3v) is 7.85. The lowest BCUT2D eigenvalue weighted by Gasteiger charge is -2.15. The maximum atomic E-state index is 13.6. The van der Waals surface area contributed by atoms with E-state index >= 15 is 0 Å². The molecule has 1 heterocycles. The first-order valence-corrected chi connectivity index (χ1v) is 13.4.